The van der Waals surface area contributed by atoms with Crippen LogP contribution in [0.4, 0.5) is 19.0 Å². The molecule has 0 radical (unpaired) electrons. The summed E-state index contributed by atoms with van der Waals surface area (Å²) in [6, 6.07) is 12.2. The number of benzene rings is 1. The first kappa shape index (κ1) is 22.6. The minimum atomic E-state index is -4.50. The number of hydrogen-bond donors (Lipinski definition) is 1. The predicted molar refractivity (Wildman–Crippen MR) is 125 cm³/mol. The van der Waals surface area contributed by atoms with Crippen LogP contribution in [0.3, 0.4) is 0 Å². The quantitative estimate of drug-likeness (QED) is 0.461. The van der Waals surface area contributed by atoms with Crippen LogP contribution in [0.5, 0.6) is 0 Å². The molecule has 0 bridgehead atoms. The number of rotatable bonds is 5. The lowest BCUT2D eigenvalue weighted by Gasteiger charge is -2.27. The Bertz CT molecular complexity index is 1390. The number of carbonyl (C=O) groups is 1. The molecule has 1 N–H and O–H groups in total. The van der Waals surface area contributed by atoms with E-state index in [4.69, 9.17) is 0 Å². The highest BCUT2D eigenvalue weighted by atomic mass is 19.4. The van der Waals surface area contributed by atoms with Crippen molar-refractivity contribution >= 4 is 22.9 Å². The van der Waals surface area contributed by atoms with Crippen LogP contribution < -0.4 is 10.2 Å². The van der Waals surface area contributed by atoms with E-state index >= 15 is 0 Å². The molecule has 1 aliphatic heterocycles. The molecule has 0 atom stereocenters. The first-order valence-corrected chi connectivity index (χ1v) is 11.0. The summed E-state index contributed by atoms with van der Waals surface area (Å²) in [5.74, 6) is 0.0781. The zero-order valence-electron chi connectivity index (χ0n) is 18.5. The molecular formula is C25H21F3N6O. The van der Waals surface area contributed by atoms with Crippen molar-refractivity contribution in [2.75, 3.05) is 18.0 Å². The van der Waals surface area contributed by atoms with Gasteiger partial charge in [0.05, 0.1) is 0 Å². The highest BCUT2D eigenvalue weighted by Crippen LogP contribution is 2.30. The van der Waals surface area contributed by atoms with Gasteiger partial charge in [0.15, 0.2) is 0 Å². The van der Waals surface area contributed by atoms with Crippen molar-refractivity contribution in [1.82, 2.24) is 24.7 Å². The number of nitrogens with zero attached hydrogens (tertiary/aromatic N) is 5. The van der Waals surface area contributed by atoms with Gasteiger partial charge in [-0.05, 0) is 47.4 Å². The normalized spacial score (nSPS) is 14.1. The van der Waals surface area contributed by atoms with Crippen LogP contribution in [-0.4, -0.2) is 38.3 Å². The van der Waals surface area contributed by atoms with Gasteiger partial charge in [-0.1, -0.05) is 18.2 Å². The second-order valence-corrected chi connectivity index (χ2v) is 8.17. The van der Waals surface area contributed by atoms with Gasteiger partial charge in [-0.15, -0.1) is 0 Å². The SMILES string of the molecule is O=C(NCc1ccn2ccnc2c1)c1ccc(C2=CCN(c3cc(C(F)(F)F)ncn3)CC2)cc1. The Morgan fingerprint density at radius 2 is 1.86 bits per heavy atom. The number of halogens is 3. The third kappa shape index (κ3) is 5.01. The number of aromatic nitrogens is 4. The zero-order chi connectivity index (χ0) is 24.4. The summed E-state index contributed by atoms with van der Waals surface area (Å²) in [6.45, 7) is 1.36. The molecular weight excluding hydrogens is 457 g/mol. The minimum absolute atomic E-state index is 0.173. The third-order valence-corrected chi connectivity index (χ3v) is 5.91. The van der Waals surface area contributed by atoms with Gasteiger partial charge < -0.3 is 14.6 Å². The van der Waals surface area contributed by atoms with Crippen molar-refractivity contribution in [2.45, 2.75) is 19.1 Å². The van der Waals surface area contributed by atoms with Crippen LogP contribution in [0, 0.1) is 0 Å². The zero-order valence-corrected chi connectivity index (χ0v) is 18.5. The Kier molecular flexibility index (Phi) is 5.94. The van der Waals surface area contributed by atoms with Crippen LogP contribution in [-0.2, 0) is 12.7 Å². The number of pyridine rings is 1. The summed E-state index contributed by atoms with van der Waals surface area (Å²) in [5.41, 5.74) is 3.43. The average Bonchev–Trinajstić information content (AvgIpc) is 3.35. The van der Waals surface area contributed by atoms with E-state index < -0.39 is 11.9 Å². The molecule has 4 heterocycles. The number of amides is 1. The highest BCUT2D eigenvalue weighted by Gasteiger charge is 2.33. The van der Waals surface area contributed by atoms with Crippen molar-refractivity contribution in [3.8, 4) is 0 Å². The Hall–Kier alpha value is -4.21. The molecule has 178 valence electrons. The largest absolute Gasteiger partial charge is 0.433 e. The van der Waals surface area contributed by atoms with Gasteiger partial charge in [-0.3, -0.25) is 4.79 Å². The maximum Gasteiger partial charge on any atom is 0.433 e. The van der Waals surface area contributed by atoms with Crippen molar-refractivity contribution < 1.29 is 18.0 Å². The molecule has 0 saturated carbocycles. The maximum atomic E-state index is 12.9. The maximum absolute atomic E-state index is 12.9. The third-order valence-electron chi connectivity index (χ3n) is 5.91. The van der Waals surface area contributed by atoms with E-state index in [1.54, 1.807) is 23.2 Å². The van der Waals surface area contributed by atoms with Crippen molar-refractivity contribution in [1.29, 1.82) is 0 Å². The average molecular weight is 478 g/mol. The summed E-state index contributed by atoms with van der Waals surface area (Å²) in [6.07, 6.45) is 4.54. The number of anilines is 1. The summed E-state index contributed by atoms with van der Waals surface area (Å²) in [4.78, 5) is 25.9. The molecule has 1 aromatic carbocycles. The molecule has 0 saturated heterocycles. The predicted octanol–water partition coefficient (Wildman–Crippen LogP) is 4.37. The fourth-order valence-corrected chi connectivity index (χ4v) is 4.00. The van der Waals surface area contributed by atoms with E-state index in [0.717, 1.165) is 34.7 Å². The van der Waals surface area contributed by atoms with Crippen LogP contribution in [0.2, 0.25) is 0 Å². The topological polar surface area (TPSA) is 75.4 Å². The molecule has 0 fully saturated rings. The molecule has 0 unspecified atom stereocenters. The lowest BCUT2D eigenvalue weighted by atomic mass is 9.98. The Morgan fingerprint density at radius 1 is 1.03 bits per heavy atom. The van der Waals surface area contributed by atoms with E-state index in [2.05, 4.69) is 20.3 Å². The summed E-state index contributed by atoms with van der Waals surface area (Å²) in [5, 5.41) is 2.92. The number of carbonyl (C=O) groups excluding carboxylic acids is 1. The van der Waals surface area contributed by atoms with Gasteiger partial charge in [0.25, 0.3) is 5.91 Å². The first-order chi connectivity index (χ1) is 16.9. The minimum Gasteiger partial charge on any atom is -0.352 e. The fourth-order valence-electron chi connectivity index (χ4n) is 4.00. The fraction of sp³-hybridized carbons (Fsp3) is 0.200. The van der Waals surface area contributed by atoms with Crippen molar-refractivity contribution in [3.05, 3.63) is 95.8 Å². The second kappa shape index (κ2) is 9.21. The van der Waals surface area contributed by atoms with Gasteiger partial charge in [-0.25, -0.2) is 15.0 Å². The number of hydrogen-bond acceptors (Lipinski definition) is 5. The molecule has 0 spiro atoms. The lowest BCUT2D eigenvalue weighted by molar-refractivity contribution is -0.141. The van der Waals surface area contributed by atoms with E-state index in [-0.39, 0.29) is 11.7 Å². The monoisotopic (exact) mass is 478 g/mol. The Labute approximate surface area is 199 Å². The second-order valence-electron chi connectivity index (χ2n) is 8.17. The molecule has 7 nitrogen and oxygen atoms in total. The standard InChI is InChI=1S/C25H21F3N6O/c26-25(27,28)21-14-23(32-16-31-21)33-10-6-19(7-11-33)18-1-3-20(4-2-18)24(35)30-15-17-5-9-34-12-8-29-22(34)13-17/h1-6,8-9,12-14,16H,7,10-11,15H2,(H,30,35). The molecule has 3 aromatic heterocycles. The number of nitrogens with one attached hydrogen (secondary N) is 1. The molecule has 1 aliphatic rings. The molecule has 5 rings (SSSR count). The summed E-state index contributed by atoms with van der Waals surface area (Å²) >= 11 is 0. The number of fused-ring (bicyclic) bond motifs is 1. The van der Waals surface area contributed by atoms with Gasteiger partial charge in [0, 0.05) is 49.9 Å². The molecule has 4 aromatic rings. The molecule has 10 heteroatoms. The van der Waals surface area contributed by atoms with Gasteiger partial charge in [0.1, 0.15) is 23.5 Å². The smallest absolute Gasteiger partial charge is 0.352 e. The van der Waals surface area contributed by atoms with E-state index in [9.17, 15) is 18.0 Å². The van der Waals surface area contributed by atoms with Crippen LogP contribution >= 0.6 is 0 Å². The van der Waals surface area contributed by atoms with Gasteiger partial charge in [-0.2, -0.15) is 13.2 Å². The molecule has 0 aliphatic carbocycles. The van der Waals surface area contributed by atoms with Crippen molar-refractivity contribution in [2.24, 2.45) is 0 Å². The summed E-state index contributed by atoms with van der Waals surface area (Å²) in [7, 11) is 0. The van der Waals surface area contributed by atoms with Gasteiger partial charge >= 0.3 is 6.18 Å². The van der Waals surface area contributed by atoms with E-state index in [0.29, 0.717) is 31.6 Å². The highest BCUT2D eigenvalue weighted by molar-refractivity contribution is 5.94. The summed E-state index contributed by atoms with van der Waals surface area (Å²) < 4.78 is 40.7. The molecule has 35 heavy (non-hydrogen) atoms. The Balaban J connectivity index is 1.20. The van der Waals surface area contributed by atoms with Crippen molar-refractivity contribution in [3.63, 3.8) is 0 Å². The number of imidazole rings is 1. The van der Waals surface area contributed by atoms with Crippen LogP contribution in [0.25, 0.3) is 11.2 Å². The van der Waals surface area contributed by atoms with Gasteiger partial charge in [0.2, 0.25) is 0 Å². The van der Waals surface area contributed by atoms with Crippen LogP contribution in [0.15, 0.2) is 73.5 Å². The Morgan fingerprint density at radius 3 is 2.60 bits per heavy atom. The number of alkyl halides is 3. The lowest BCUT2D eigenvalue weighted by Crippen LogP contribution is -2.29. The first-order valence-electron chi connectivity index (χ1n) is 11.0. The van der Waals surface area contributed by atoms with Crippen LogP contribution in [0.1, 0.15) is 33.6 Å². The van der Waals surface area contributed by atoms with E-state index in [1.807, 2.05) is 47.1 Å². The molecule has 1 amide bonds. The van der Waals surface area contributed by atoms with E-state index in [1.165, 1.54) is 0 Å².